The third-order valence-corrected chi connectivity index (χ3v) is 5.01. The molecular weight excluding hydrogens is 439 g/mol. The van der Waals surface area contributed by atoms with Crippen LogP contribution in [0.25, 0.3) is 0 Å². The van der Waals surface area contributed by atoms with Gasteiger partial charge in [-0.25, -0.2) is 0 Å². The first-order valence-corrected chi connectivity index (χ1v) is 9.10. The normalized spacial score (nSPS) is 14.6. The first kappa shape index (κ1) is 17.2. The van der Waals surface area contributed by atoms with Crippen LogP contribution in [0.1, 0.15) is 20.7 Å². The molecule has 1 fully saturated rings. The van der Waals surface area contributed by atoms with Gasteiger partial charge >= 0.3 is 0 Å². The fourth-order valence-corrected chi connectivity index (χ4v) is 3.15. The molecule has 2 aromatic carbocycles. The van der Waals surface area contributed by atoms with Crippen LogP contribution < -0.4 is 0 Å². The minimum Gasteiger partial charge on any atom is -0.335 e. The molecule has 2 aromatic rings. The quantitative estimate of drug-likeness (QED) is 0.651. The Bertz CT molecular complexity index is 673. The van der Waals surface area contributed by atoms with Gasteiger partial charge in [-0.05, 0) is 71.1 Å². The van der Waals surface area contributed by atoms with Crippen LogP contribution in [0.15, 0.2) is 48.5 Å². The van der Waals surface area contributed by atoms with Crippen molar-refractivity contribution in [3.63, 3.8) is 0 Å². The Labute approximate surface area is 159 Å². The third-order valence-electron chi connectivity index (χ3n) is 4.04. The minimum atomic E-state index is -0.0203. The van der Waals surface area contributed by atoms with Crippen LogP contribution >= 0.6 is 34.2 Å². The second-order valence-corrected chi connectivity index (χ2v) is 7.28. The molecule has 0 radical (unpaired) electrons. The van der Waals surface area contributed by atoms with Crippen molar-refractivity contribution in [1.82, 2.24) is 9.80 Å². The number of hydrogen-bond acceptors (Lipinski definition) is 2. The maximum absolute atomic E-state index is 12.5. The molecule has 0 bridgehead atoms. The Morgan fingerprint density at radius 1 is 0.750 bits per heavy atom. The Morgan fingerprint density at radius 2 is 1.12 bits per heavy atom. The average molecular weight is 455 g/mol. The monoisotopic (exact) mass is 454 g/mol. The minimum absolute atomic E-state index is 0.0185. The highest BCUT2D eigenvalue weighted by molar-refractivity contribution is 14.1. The largest absolute Gasteiger partial charge is 0.335 e. The Morgan fingerprint density at radius 3 is 1.54 bits per heavy atom. The number of carbonyl (C=O) groups is 2. The molecule has 0 N–H and O–H groups in total. The van der Waals surface area contributed by atoms with Crippen LogP contribution in [0, 0.1) is 3.57 Å². The van der Waals surface area contributed by atoms with Crippen molar-refractivity contribution < 1.29 is 9.59 Å². The second-order valence-electron chi connectivity index (χ2n) is 5.60. The molecule has 0 atom stereocenters. The Hall–Kier alpha value is -1.60. The van der Waals surface area contributed by atoms with E-state index in [0.717, 1.165) is 3.57 Å². The lowest BCUT2D eigenvalue weighted by atomic mass is 10.1. The number of piperazine rings is 1. The Kier molecular flexibility index (Phi) is 5.40. The zero-order valence-corrected chi connectivity index (χ0v) is 15.8. The van der Waals surface area contributed by atoms with Gasteiger partial charge in [0.25, 0.3) is 11.8 Å². The number of carbonyl (C=O) groups excluding carboxylic acids is 2. The van der Waals surface area contributed by atoms with E-state index in [1.165, 1.54) is 0 Å². The predicted octanol–water partition coefficient (Wildman–Crippen LogP) is 3.54. The molecule has 2 amide bonds. The van der Waals surface area contributed by atoms with E-state index in [2.05, 4.69) is 22.6 Å². The molecule has 0 aliphatic carbocycles. The van der Waals surface area contributed by atoms with Crippen LogP contribution in [-0.2, 0) is 0 Å². The highest BCUT2D eigenvalue weighted by atomic mass is 127. The summed E-state index contributed by atoms with van der Waals surface area (Å²) < 4.78 is 1.10. The van der Waals surface area contributed by atoms with Gasteiger partial charge in [-0.2, -0.15) is 0 Å². The molecular formula is C18H16ClIN2O2. The molecule has 0 aromatic heterocycles. The van der Waals surface area contributed by atoms with Crippen molar-refractivity contribution in [3.8, 4) is 0 Å². The molecule has 1 heterocycles. The van der Waals surface area contributed by atoms with Crippen LogP contribution in [0.3, 0.4) is 0 Å². The third kappa shape index (κ3) is 3.89. The lowest BCUT2D eigenvalue weighted by Gasteiger charge is -2.35. The van der Waals surface area contributed by atoms with Crippen molar-refractivity contribution in [2.24, 2.45) is 0 Å². The summed E-state index contributed by atoms with van der Waals surface area (Å²) in [5.74, 6) is -0.00183. The maximum atomic E-state index is 12.5. The van der Waals surface area contributed by atoms with Gasteiger partial charge in [0.2, 0.25) is 0 Å². The predicted molar refractivity (Wildman–Crippen MR) is 102 cm³/mol. The topological polar surface area (TPSA) is 40.6 Å². The summed E-state index contributed by atoms with van der Waals surface area (Å²) in [6.07, 6.45) is 0. The van der Waals surface area contributed by atoms with E-state index in [-0.39, 0.29) is 11.8 Å². The van der Waals surface area contributed by atoms with Gasteiger partial charge in [0, 0.05) is 45.9 Å². The fourth-order valence-electron chi connectivity index (χ4n) is 2.66. The van der Waals surface area contributed by atoms with Crippen molar-refractivity contribution in [3.05, 3.63) is 68.3 Å². The molecule has 0 spiro atoms. The maximum Gasteiger partial charge on any atom is 0.253 e. The van der Waals surface area contributed by atoms with E-state index in [0.29, 0.717) is 42.3 Å². The molecule has 124 valence electrons. The standard InChI is InChI=1S/C18H16ClIN2O2/c19-15-5-1-13(2-6-15)17(23)21-9-11-22(12-10-21)18(24)14-3-7-16(20)8-4-14/h1-8H,9-12H2. The molecule has 6 heteroatoms. The lowest BCUT2D eigenvalue weighted by molar-refractivity contribution is 0.0535. The van der Waals surface area contributed by atoms with Crippen molar-refractivity contribution in [2.45, 2.75) is 0 Å². The molecule has 1 aliphatic heterocycles. The van der Waals surface area contributed by atoms with Gasteiger partial charge in [0.15, 0.2) is 0 Å². The molecule has 3 rings (SSSR count). The summed E-state index contributed by atoms with van der Waals surface area (Å²) in [6, 6.07) is 14.4. The van der Waals surface area contributed by atoms with Crippen molar-refractivity contribution in [1.29, 1.82) is 0 Å². The fraction of sp³-hybridized carbons (Fsp3) is 0.222. The summed E-state index contributed by atoms with van der Waals surface area (Å²) >= 11 is 8.07. The Balaban J connectivity index is 1.61. The summed E-state index contributed by atoms with van der Waals surface area (Å²) in [6.45, 7) is 2.17. The van der Waals surface area contributed by atoms with Gasteiger partial charge in [-0.1, -0.05) is 11.6 Å². The number of amides is 2. The van der Waals surface area contributed by atoms with E-state index in [4.69, 9.17) is 11.6 Å². The van der Waals surface area contributed by atoms with E-state index in [1.807, 2.05) is 24.3 Å². The lowest BCUT2D eigenvalue weighted by Crippen LogP contribution is -2.50. The first-order valence-electron chi connectivity index (χ1n) is 7.64. The number of rotatable bonds is 2. The van der Waals surface area contributed by atoms with Crippen LogP contribution in [0.5, 0.6) is 0 Å². The summed E-state index contributed by atoms with van der Waals surface area (Å²) in [5.41, 5.74) is 1.31. The molecule has 0 unspecified atom stereocenters. The molecule has 0 saturated carbocycles. The molecule has 4 nitrogen and oxygen atoms in total. The average Bonchev–Trinajstić information content (AvgIpc) is 2.62. The van der Waals surface area contributed by atoms with Crippen LogP contribution in [0.2, 0.25) is 5.02 Å². The zero-order valence-electron chi connectivity index (χ0n) is 12.9. The SMILES string of the molecule is O=C(c1ccc(Cl)cc1)N1CCN(C(=O)c2ccc(I)cc2)CC1. The summed E-state index contributed by atoms with van der Waals surface area (Å²) in [7, 11) is 0. The molecule has 1 saturated heterocycles. The van der Waals surface area contributed by atoms with Gasteiger partial charge < -0.3 is 9.80 Å². The number of halogens is 2. The first-order chi connectivity index (χ1) is 11.5. The number of benzene rings is 2. The van der Waals surface area contributed by atoms with Crippen LogP contribution in [0.4, 0.5) is 0 Å². The van der Waals surface area contributed by atoms with E-state index in [9.17, 15) is 9.59 Å². The van der Waals surface area contributed by atoms with Gasteiger partial charge in [-0.15, -0.1) is 0 Å². The summed E-state index contributed by atoms with van der Waals surface area (Å²) in [4.78, 5) is 28.6. The van der Waals surface area contributed by atoms with Gasteiger partial charge in [0.05, 0.1) is 0 Å². The van der Waals surface area contributed by atoms with Gasteiger partial charge in [-0.3, -0.25) is 9.59 Å². The van der Waals surface area contributed by atoms with E-state index in [1.54, 1.807) is 34.1 Å². The molecule has 24 heavy (non-hydrogen) atoms. The summed E-state index contributed by atoms with van der Waals surface area (Å²) in [5, 5.41) is 0.611. The smallest absolute Gasteiger partial charge is 0.253 e. The highest BCUT2D eigenvalue weighted by Gasteiger charge is 2.25. The van der Waals surface area contributed by atoms with E-state index >= 15 is 0 Å². The van der Waals surface area contributed by atoms with Crippen molar-refractivity contribution >= 4 is 46.0 Å². The number of hydrogen-bond donors (Lipinski definition) is 0. The second kappa shape index (κ2) is 7.53. The van der Waals surface area contributed by atoms with Crippen molar-refractivity contribution in [2.75, 3.05) is 26.2 Å². The zero-order chi connectivity index (χ0) is 17.1. The molecule has 1 aliphatic rings. The van der Waals surface area contributed by atoms with Gasteiger partial charge in [0.1, 0.15) is 0 Å². The van der Waals surface area contributed by atoms with Crippen LogP contribution in [-0.4, -0.2) is 47.8 Å². The highest BCUT2D eigenvalue weighted by Crippen LogP contribution is 2.15. The number of nitrogens with zero attached hydrogens (tertiary/aromatic N) is 2. The van der Waals surface area contributed by atoms with E-state index < -0.39 is 0 Å².